The largest absolute Gasteiger partial charge is 0.464 e. The number of nitrogens with zero attached hydrogens (tertiary/aromatic N) is 2. The van der Waals surface area contributed by atoms with Crippen molar-refractivity contribution in [3.8, 4) is 5.69 Å². The van der Waals surface area contributed by atoms with Gasteiger partial charge in [0.25, 0.3) is 0 Å². The lowest BCUT2D eigenvalue weighted by Gasteiger charge is -2.10. The van der Waals surface area contributed by atoms with Gasteiger partial charge < -0.3 is 9.30 Å². The zero-order valence-corrected chi connectivity index (χ0v) is 11.8. The van der Waals surface area contributed by atoms with Crippen LogP contribution in [0.1, 0.15) is 10.5 Å². The van der Waals surface area contributed by atoms with E-state index in [-0.39, 0.29) is 15.9 Å². The van der Waals surface area contributed by atoms with Gasteiger partial charge in [-0.3, -0.25) is 10.1 Å². The molecule has 0 fully saturated rings. The molecule has 2 rings (SSSR count). The fourth-order valence-electron chi connectivity index (χ4n) is 1.78. The molecule has 0 amide bonds. The molecule has 0 N–H and O–H groups in total. The summed E-state index contributed by atoms with van der Waals surface area (Å²) in [6.07, 6.45) is 1.42. The van der Waals surface area contributed by atoms with E-state index in [2.05, 4.69) is 20.7 Å². The molecule has 0 saturated heterocycles. The Balaban J connectivity index is 2.76. The average molecular weight is 343 g/mol. The van der Waals surface area contributed by atoms with E-state index in [1.165, 1.54) is 36.1 Å². The Morgan fingerprint density at radius 1 is 1.45 bits per heavy atom. The Morgan fingerprint density at radius 3 is 2.75 bits per heavy atom. The molecule has 0 unspecified atom stereocenters. The highest BCUT2D eigenvalue weighted by Crippen LogP contribution is 2.34. The quantitative estimate of drug-likeness (QED) is 0.488. The molecule has 0 radical (unpaired) electrons. The number of ether oxygens (including phenoxy) is 1. The molecule has 2 aromatic rings. The lowest BCUT2D eigenvalue weighted by atomic mass is 10.2. The molecule has 0 bridgehead atoms. The molecule has 0 atom stereocenters. The van der Waals surface area contributed by atoms with Crippen molar-refractivity contribution in [2.75, 3.05) is 7.11 Å². The number of hydrogen-bond donors (Lipinski definition) is 0. The van der Waals surface area contributed by atoms with E-state index in [1.807, 2.05) is 0 Å². The number of methoxy groups -OCH3 is 1. The summed E-state index contributed by atoms with van der Waals surface area (Å²) < 4.78 is 19.8. The van der Waals surface area contributed by atoms with Crippen molar-refractivity contribution in [1.29, 1.82) is 0 Å². The van der Waals surface area contributed by atoms with Crippen molar-refractivity contribution in [3.05, 3.63) is 56.6 Å². The van der Waals surface area contributed by atoms with Crippen molar-refractivity contribution >= 4 is 27.6 Å². The molecule has 0 aliphatic heterocycles. The van der Waals surface area contributed by atoms with Gasteiger partial charge in [0.05, 0.1) is 12.0 Å². The standard InChI is InChI=1S/C12H8BrFN2O4/c1-20-12(17)9-3-2-6-15(9)10-7(13)4-5-8(14)11(10)16(18)19/h2-6H,1H3. The van der Waals surface area contributed by atoms with Gasteiger partial charge in [-0.2, -0.15) is 4.39 Å². The molecule has 0 spiro atoms. The Labute approximate surface area is 121 Å². The summed E-state index contributed by atoms with van der Waals surface area (Å²) >= 11 is 3.13. The van der Waals surface area contributed by atoms with Gasteiger partial charge in [-0.15, -0.1) is 0 Å². The van der Waals surface area contributed by atoms with E-state index in [1.54, 1.807) is 0 Å². The average Bonchev–Trinajstić information content (AvgIpc) is 2.88. The van der Waals surface area contributed by atoms with E-state index in [4.69, 9.17) is 0 Å². The molecule has 0 aliphatic carbocycles. The molecule has 104 valence electrons. The number of nitro benzene ring substituents is 1. The SMILES string of the molecule is COC(=O)c1cccn1-c1c(Br)ccc(F)c1[N+](=O)[O-]. The van der Waals surface area contributed by atoms with Gasteiger partial charge in [0.1, 0.15) is 11.4 Å². The van der Waals surface area contributed by atoms with Crippen LogP contribution >= 0.6 is 15.9 Å². The van der Waals surface area contributed by atoms with Gasteiger partial charge >= 0.3 is 11.7 Å². The molecular weight excluding hydrogens is 335 g/mol. The number of rotatable bonds is 3. The summed E-state index contributed by atoms with van der Waals surface area (Å²) in [5.41, 5.74) is -0.733. The molecular formula is C12H8BrFN2O4. The first kappa shape index (κ1) is 14.2. The van der Waals surface area contributed by atoms with Gasteiger partial charge in [0.2, 0.25) is 5.82 Å². The highest BCUT2D eigenvalue weighted by Gasteiger charge is 2.26. The smallest absolute Gasteiger partial charge is 0.355 e. The van der Waals surface area contributed by atoms with Crippen LogP contribution < -0.4 is 0 Å². The van der Waals surface area contributed by atoms with Gasteiger partial charge in [-0.25, -0.2) is 4.79 Å². The van der Waals surface area contributed by atoms with E-state index >= 15 is 0 Å². The second kappa shape index (κ2) is 5.41. The van der Waals surface area contributed by atoms with Crippen LogP contribution in [0.5, 0.6) is 0 Å². The number of benzene rings is 1. The third-order valence-electron chi connectivity index (χ3n) is 2.62. The zero-order chi connectivity index (χ0) is 14.9. The van der Waals surface area contributed by atoms with Gasteiger partial charge in [-0.05, 0) is 40.2 Å². The highest BCUT2D eigenvalue weighted by molar-refractivity contribution is 9.10. The normalized spacial score (nSPS) is 10.3. The molecule has 8 heteroatoms. The van der Waals surface area contributed by atoms with E-state index in [9.17, 15) is 19.3 Å². The van der Waals surface area contributed by atoms with Crippen LogP contribution in [0.4, 0.5) is 10.1 Å². The van der Waals surface area contributed by atoms with Gasteiger partial charge in [0.15, 0.2) is 0 Å². The fourth-order valence-corrected chi connectivity index (χ4v) is 2.29. The molecule has 6 nitrogen and oxygen atoms in total. The summed E-state index contributed by atoms with van der Waals surface area (Å²) in [6, 6.07) is 5.24. The van der Waals surface area contributed by atoms with Crippen molar-refractivity contribution in [3.63, 3.8) is 0 Å². The predicted molar refractivity (Wildman–Crippen MR) is 71.4 cm³/mol. The molecule has 1 aromatic carbocycles. The van der Waals surface area contributed by atoms with Crippen LogP contribution in [0.2, 0.25) is 0 Å². The topological polar surface area (TPSA) is 74.4 Å². The zero-order valence-electron chi connectivity index (χ0n) is 10.2. The lowest BCUT2D eigenvalue weighted by molar-refractivity contribution is -0.387. The maximum atomic E-state index is 13.7. The Kier molecular flexibility index (Phi) is 3.84. The molecule has 0 saturated carbocycles. The van der Waals surface area contributed by atoms with Crippen LogP contribution in [-0.4, -0.2) is 22.6 Å². The number of esters is 1. The molecule has 1 heterocycles. The summed E-state index contributed by atoms with van der Waals surface area (Å²) in [6.45, 7) is 0. The maximum Gasteiger partial charge on any atom is 0.355 e. The van der Waals surface area contributed by atoms with Crippen LogP contribution in [0.25, 0.3) is 5.69 Å². The summed E-state index contributed by atoms with van der Waals surface area (Å²) in [5.74, 6) is -1.67. The molecule has 20 heavy (non-hydrogen) atoms. The Bertz CT molecular complexity index is 699. The van der Waals surface area contributed by atoms with Crippen molar-refractivity contribution < 1.29 is 18.8 Å². The summed E-state index contributed by atoms with van der Waals surface area (Å²) in [4.78, 5) is 21.8. The van der Waals surface area contributed by atoms with E-state index in [0.717, 1.165) is 6.07 Å². The maximum absolute atomic E-state index is 13.7. The Morgan fingerprint density at radius 2 is 2.15 bits per heavy atom. The van der Waals surface area contributed by atoms with Gasteiger partial charge in [-0.1, -0.05) is 0 Å². The third kappa shape index (κ3) is 2.29. The summed E-state index contributed by atoms with van der Waals surface area (Å²) in [7, 11) is 1.19. The van der Waals surface area contributed by atoms with Crippen molar-refractivity contribution in [2.24, 2.45) is 0 Å². The third-order valence-corrected chi connectivity index (χ3v) is 3.26. The minimum absolute atomic E-state index is 0.0573. The summed E-state index contributed by atoms with van der Waals surface area (Å²) in [5, 5.41) is 11.1. The van der Waals surface area contributed by atoms with Crippen LogP contribution in [0, 0.1) is 15.9 Å². The van der Waals surface area contributed by atoms with E-state index < -0.39 is 22.4 Å². The second-order valence-electron chi connectivity index (χ2n) is 3.74. The van der Waals surface area contributed by atoms with E-state index in [0.29, 0.717) is 0 Å². The number of aromatic nitrogens is 1. The minimum Gasteiger partial charge on any atom is -0.464 e. The second-order valence-corrected chi connectivity index (χ2v) is 4.59. The number of halogens is 2. The molecule has 1 aromatic heterocycles. The van der Waals surface area contributed by atoms with Crippen LogP contribution in [0.3, 0.4) is 0 Å². The monoisotopic (exact) mass is 342 g/mol. The van der Waals surface area contributed by atoms with Crippen molar-refractivity contribution in [1.82, 2.24) is 4.57 Å². The highest BCUT2D eigenvalue weighted by atomic mass is 79.9. The first-order valence-corrected chi connectivity index (χ1v) is 6.15. The minimum atomic E-state index is -0.988. The first-order chi connectivity index (χ1) is 9.47. The lowest BCUT2D eigenvalue weighted by Crippen LogP contribution is -2.11. The van der Waals surface area contributed by atoms with Crippen LogP contribution in [-0.2, 0) is 4.74 Å². The first-order valence-electron chi connectivity index (χ1n) is 5.35. The number of carbonyl (C=O) groups is 1. The molecule has 0 aliphatic rings. The number of nitro groups is 1. The fraction of sp³-hybridized carbons (Fsp3) is 0.0833. The number of hydrogen-bond acceptors (Lipinski definition) is 4. The van der Waals surface area contributed by atoms with Crippen molar-refractivity contribution in [2.45, 2.75) is 0 Å². The number of carbonyl (C=O) groups excluding carboxylic acids is 1. The predicted octanol–water partition coefficient (Wildman–Crippen LogP) is 3.07. The van der Waals surface area contributed by atoms with Gasteiger partial charge in [0, 0.05) is 10.7 Å². The Hall–Kier alpha value is -2.22. The van der Waals surface area contributed by atoms with Crippen LogP contribution in [0.15, 0.2) is 34.9 Å².